The van der Waals surface area contributed by atoms with E-state index in [1.807, 2.05) is 47.8 Å². The number of aromatic nitrogens is 12. The zero-order valence-electron chi connectivity index (χ0n) is 19.9. The maximum absolute atomic E-state index is 4.87. The number of hydrogen-bond donors (Lipinski definition) is 4. The van der Waals surface area contributed by atoms with Crippen molar-refractivity contribution in [3.05, 3.63) is 72.6 Å². The molecule has 0 spiro atoms. The summed E-state index contributed by atoms with van der Waals surface area (Å²) >= 11 is 1.41. The van der Waals surface area contributed by atoms with Crippen LogP contribution in [0.25, 0.3) is 78.9 Å². The lowest BCUT2D eigenvalue weighted by Crippen LogP contribution is -1.96. The molecule has 0 aliphatic heterocycles. The molecule has 4 N–H and O–H groups in total. The molecule has 0 amide bonds. The van der Waals surface area contributed by atoms with Gasteiger partial charge in [0, 0.05) is 39.8 Å². The van der Waals surface area contributed by atoms with Gasteiger partial charge in [-0.05, 0) is 46.2 Å². The van der Waals surface area contributed by atoms with Crippen molar-refractivity contribution in [1.82, 2.24) is 59.9 Å². The van der Waals surface area contributed by atoms with Crippen molar-refractivity contribution in [2.45, 2.75) is 0 Å². The molecule has 39 heavy (non-hydrogen) atoms. The van der Waals surface area contributed by atoms with Crippen LogP contribution in [0.1, 0.15) is 0 Å². The number of rotatable bonds is 5. The number of para-hydroxylation sites is 2. The first kappa shape index (κ1) is 21.5. The SMILES string of the molecule is c1ccc2c(-c3ccsn3)c(-c3nccnc3-c3[nH]cnc3-c3nc4c(-c5nnn[nH]5)cccc4[nH]3)[nH]c2c1. The lowest BCUT2D eigenvalue weighted by atomic mass is 10.0. The van der Waals surface area contributed by atoms with Crippen LogP contribution in [0.2, 0.25) is 0 Å². The van der Waals surface area contributed by atoms with Gasteiger partial charge < -0.3 is 15.0 Å². The first-order chi connectivity index (χ1) is 19.3. The number of H-pyrrole nitrogens is 4. The molecule has 12 nitrogen and oxygen atoms in total. The minimum atomic E-state index is 0.533. The first-order valence-corrected chi connectivity index (χ1v) is 12.8. The Morgan fingerprint density at radius 3 is 2.46 bits per heavy atom. The lowest BCUT2D eigenvalue weighted by Gasteiger charge is -2.08. The van der Waals surface area contributed by atoms with Crippen LogP contribution in [0, 0.1) is 0 Å². The van der Waals surface area contributed by atoms with Crippen LogP contribution in [0.3, 0.4) is 0 Å². The highest BCUT2D eigenvalue weighted by Crippen LogP contribution is 2.41. The molecular formula is C26H16N12S. The van der Waals surface area contributed by atoms with Gasteiger partial charge in [0.15, 0.2) is 11.6 Å². The van der Waals surface area contributed by atoms with Crippen LogP contribution >= 0.6 is 11.5 Å². The van der Waals surface area contributed by atoms with E-state index in [2.05, 4.69) is 51.0 Å². The molecule has 0 unspecified atom stereocenters. The maximum Gasteiger partial charge on any atom is 0.181 e. The number of nitrogens with zero attached hydrogens (tertiary/aromatic N) is 8. The van der Waals surface area contributed by atoms with Crippen molar-refractivity contribution in [2.24, 2.45) is 0 Å². The van der Waals surface area contributed by atoms with Gasteiger partial charge in [-0.15, -0.1) is 5.10 Å². The molecule has 0 aliphatic rings. The Morgan fingerprint density at radius 2 is 1.62 bits per heavy atom. The van der Waals surface area contributed by atoms with Crippen LogP contribution in [-0.2, 0) is 0 Å². The molecule has 0 fully saturated rings. The Bertz CT molecular complexity index is 2080. The number of nitrogens with one attached hydrogen (secondary N) is 4. The van der Waals surface area contributed by atoms with E-state index in [0.29, 0.717) is 34.4 Å². The topological polar surface area (TPSA) is 166 Å². The molecule has 0 saturated carbocycles. The molecular weight excluding hydrogens is 512 g/mol. The normalized spacial score (nSPS) is 11.6. The molecule has 6 aromatic heterocycles. The number of aromatic amines is 4. The van der Waals surface area contributed by atoms with E-state index in [9.17, 15) is 0 Å². The summed E-state index contributed by atoms with van der Waals surface area (Å²) in [5.74, 6) is 1.11. The van der Waals surface area contributed by atoms with E-state index in [1.165, 1.54) is 11.5 Å². The quantitative estimate of drug-likeness (QED) is 0.246. The summed E-state index contributed by atoms with van der Waals surface area (Å²) in [5.41, 5.74) is 8.60. The van der Waals surface area contributed by atoms with E-state index in [4.69, 9.17) is 15.0 Å². The van der Waals surface area contributed by atoms with Gasteiger partial charge in [0.1, 0.15) is 22.6 Å². The molecule has 8 aromatic rings. The molecule has 0 bridgehead atoms. The Hall–Kier alpha value is -5.56. The van der Waals surface area contributed by atoms with Crippen molar-refractivity contribution in [3.63, 3.8) is 0 Å². The summed E-state index contributed by atoms with van der Waals surface area (Å²) in [6.45, 7) is 0. The minimum Gasteiger partial charge on any atom is -0.353 e. The Morgan fingerprint density at radius 1 is 0.744 bits per heavy atom. The second kappa shape index (κ2) is 8.49. The standard InChI is InChI=1S/C26H16N12S/c1-2-6-15-13(4-1)18(16-8-11-39-36-16)20(31-15)21-22(28-10-9-27-21)23-24(30-12-29-23)26-32-17-7-3-5-14(19(17)33-26)25-34-37-38-35-25/h1-12,31H,(H,29,30)(H,32,33)(H,34,35,37,38). The zero-order valence-corrected chi connectivity index (χ0v) is 20.7. The summed E-state index contributed by atoms with van der Waals surface area (Å²) in [4.78, 5) is 29.2. The second-order valence-electron chi connectivity index (χ2n) is 8.72. The fraction of sp³-hybridized carbons (Fsp3) is 0. The molecule has 6 heterocycles. The van der Waals surface area contributed by atoms with Crippen LogP contribution in [0.5, 0.6) is 0 Å². The molecule has 0 atom stereocenters. The highest BCUT2D eigenvalue weighted by Gasteiger charge is 2.24. The van der Waals surface area contributed by atoms with Crippen molar-refractivity contribution in [3.8, 4) is 56.9 Å². The van der Waals surface area contributed by atoms with Gasteiger partial charge in [-0.3, -0.25) is 9.97 Å². The molecule has 0 radical (unpaired) electrons. The van der Waals surface area contributed by atoms with Crippen LogP contribution in [0.15, 0.2) is 72.6 Å². The summed E-state index contributed by atoms with van der Waals surface area (Å²) in [6, 6.07) is 15.9. The third-order valence-corrected chi connectivity index (χ3v) is 7.11. The Labute approximate surface area is 222 Å². The van der Waals surface area contributed by atoms with Crippen molar-refractivity contribution in [1.29, 1.82) is 0 Å². The fourth-order valence-electron chi connectivity index (χ4n) is 4.89. The average molecular weight is 529 g/mol. The highest BCUT2D eigenvalue weighted by atomic mass is 32.1. The zero-order chi connectivity index (χ0) is 25.8. The Kier molecular flexibility index (Phi) is 4.69. The molecule has 0 aliphatic carbocycles. The summed E-state index contributed by atoms with van der Waals surface area (Å²) < 4.78 is 4.63. The van der Waals surface area contributed by atoms with Crippen molar-refractivity contribution >= 4 is 33.5 Å². The van der Waals surface area contributed by atoms with Gasteiger partial charge in [0.2, 0.25) is 0 Å². The van der Waals surface area contributed by atoms with Crippen LogP contribution in [0.4, 0.5) is 0 Å². The number of imidazole rings is 2. The smallest absolute Gasteiger partial charge is 0.181 e. The van der Waals surface area contributed by atoms with Crippen molar-refractivity contribution < 1.29 is 0 Å². The predicted molar refractivity (Wildman–Crippen MR) is 146 cm³/mol. The van der Waals surface area contributed by atoms with Gasteiger partial charge in [-0.2, -0.15) is 4.37 Å². The third-order valence-electron chi connectivity index (χ3n) is 6.55. The first-order valence-electron chi connectivity index (χ1n) is 11.9. The predicted octanol–water partition coefficient (Wildman–Crippen LogP) is 4.86. The van der Waals surface area contributed by atoms with E-state index < -0.39 is 0 Å². The average Bonchev–Trinajstić information content (AvgIpc) is 3.80. The summed E-state index contributed by atoms with van der Waals surface area (Å²) in [7, 11) is 0. The van der Waals surface area contributed by atoms with Gasteiger partial charge in [-0.1, -0.05) is 24.3 Å². The number of benzene rings is 2. The lowest BCUT2D eigenvalue weighted by molar-refractivity contribution is 0.881. The van der Waals surface area contributed by atoms with E-state index in [-0.39, 0.29) is 0 Å². The van der Waals surface area contributed by atoms with E-state index in [1.54, 1.807) is 18.7 Å². The molecule has 186 valence electrons. The molecule has 2 aromatic carbocycles. The Balaban J connectivity index is 1.32. The van der Waals surface area contributed by atoms with Gasteiger partial charge >= 0.3 is 0 Å². The summed E-state index contributed by atoms with van der Waals surface area (Å²) in [6.07, 6.45) is 4.98. The maximum atomic E-state index is 4.87. The fourth-order valence-corrected chi connectivity index (χ4v) is 5.41. The number of hydrogen-bond acceptors (Lipinski definition) is 9. The van der Waals surface area contributed by atoms with Crippen LogP contribution in [-0.4, -0.2) is 59.9 Å². The molecule has 13 heteroatoms. The second-order valence-corrected chi connectivity index (χ2v) is 9.39. The van der Waals surface area contributed by atoms with E-state index >= 15 is 0 Å². The summed E-state index contributed by atoms with van der Waals surface area (Å²) in [5, 5.41) is 17.3. The van der Waals surface area contributed by atoms with Gasteiger partial charge in [-0.25, -0.2) is 15.1 Å². The number of fused-ring (bicyclic) bond motifs is 2. The van der Waals surface area contributed by atoms with Crippen LogP contribution < -0.4 is 0 Å². The monoisotopic (exact) mass is 528 g/mol. The minimum absolute atomic E-state index is 0.533. The largest absolute Gasteiger partial charge is 0.353 e. The number of tetrazole rings is 1. The van der Waals surface area contributed by atoms with Crippen molar-refractivity contribution in [2.75, 3.05) is 0 Å². The molecule has 8 rings (SSSR count). The third kappa shape index (κ3) is 3.37. The van der Waals surface area contributed by atoms with Gasteiger partial charge in [0.05, 0.1) is 28.9 Å². The highest BCUT2D eigenvalue weighted by molar-refractivity contribution is 7.03. The molecule has 0 saturated heterocycles. The van der Waals surface area contributed by atoms with E-state index in [0.717, 1.165) is 44.5 Å². The van der Waals surface area contributed by atoms with Gasteiger partial charge in [0.25, 0.3) is 0 Å².